The van der Waals surface area contributed by atoms with Crippen LogP contribution in [0.1, 0.15) is 39.8 Å². The predicted molar refractivity (Wildman–Crippen MR) is 126 cm³/mol. The molecular weight excluding hydrogens is 406 g/mol. The molecule has 0 aliphatic rings. The van der Waals surface area contributed by atoms with Crippen molar-refractivity contribution in [3.8, 4) is 0 Å². The highest BCUT2D eigenvalue weighted by atomic mass is 32.1. The van der Waals surface area contributed by atoms with Crippen LogP contribution in [0.3, 0.4) is 0 Å². The van der Waals surface area contributed by atoms with Crippen molar-refractivity contribution in [3.05, 3.63) is 95.7 Å². The Morgan fingerprint density at radius 3 is 2.55 bits per heavy atom. The van der Waals surface area contributed by atoms with Crippen LogP contribution in [-0.2, 0) is 6.42 Å². The standard InChI is InChI=1S/C25H23N3O2S/c1-17(14-15-18-8-3-2-4-9-18)26-24(29)19-10-7-11-20(16-19)27-25(30)23-21-12-5-6-13-22(21)31-28-23/h2-13,16-17H,14-15H2,1H3,(H,26,29)(H,27,30). The quantitative estimate of drug-likeness (QED) is 0.419. The van der Waals surface area contributed by atoms with Crippen molar-refractivity contribution < 1.29 is 9.59 Å². The second-order valence-corrected chi connectivity index (χ2v) is 8.27. The van der Waals surface area contributed by atoms with E-state index in [0.29, 0.717) is 16.9 Å². The Morgan fingerprint density at radius 2 is 1.71 bits per heavy atom. The van der Waals surface area contributed by atoms with Crippen molar-refractivity contribution in [2.75, 3.05) is 5.32 Å². The molecule has 6 heteroatoms. The summed E-state index contributed by atoms with van der Waals surface area (Å²) in [4.78, 5) is 25.4. The summed E-state index contributed by atoms with van der Waals surface area (Å²) in [6.07, 6.45) is 1.75. The van der Waals surface area contributed by atoms with Crippen LogP contribution in [0, 0.1) is 0 Å². The van der Waals surface area contributed by atoms with Crippen LogP contribution in [0.5, 0.6) is 0 Å². The number of amides is 2. The van der Waals surface area contributed by atoms with Crippen molar-refractivity contribution in [2.45, 2.75) is 25.8 Å². The fourth-order valence-corrected chi connectivity index (χ4v) is 4.16. The van der Waals surface area contributed by atoms with Gasteiger partial charge in [-0.2, -0.15) is 4.37 Å². The molecule has 2 amide bonds. The first-order valence-corrected chi connectivity index (χ1v) is 11.0. The number of nitrogens with zero attached hydrogens (tertiary/aromatic N) is 1. The van der Waals surface area contributed by atoms with Crippen LogP contribution in [0.2, 0.25) is 0 Å². The van der Waals surface area contributed by atoms with Gasteiger partial charge in [0.1, 0.15) is 5.69 Å². The zero-order valence-electron chi connectivity index (χ0n) is 17.2. The van der Waals surface area contributed by atoms with Gasteiger partial charge in [-0.25, -0.2) is 0 Å². The third-order valence-electron chi connectivity index (χ3n) is 5.06. The fraction of sp³-hybridized carbons (Fsp3) is 0.160. The lowest BCUT2D eigenvalue weighted by molar-refractivity contribution is 0.0937. The highest BCUT2D eigenvalue weighted by molar-refractivity contribution is 7.13. The zero-order chi connectivity index (χ0) is 21.6. The van der Waals surface area contributed by atoms with Gasteiger partial charge in [0.15, 0.2) is 0 Å². The van der Waals surface area contributed by atoms with Gasteiger partial charge >= 0.3 is 0 Å². The van der Waals surface area contributed by atoms with E-state index < -0.39 is 0 Å². The van der Waals surface area contributed by atoms with E-state index in [1.807, 2.05) is 49.4 Å². The molecule has 0 radical (unpaired) electrons. The number of fused-ring (bicyclic) bond motifs is 1. The van der Waals surface area contributed by atoms with Gasteiger partial charge in [0.2, 0.25) is 0 Å². The van der Waals surface area contributed by atoms with Gasteiger partial charge < -0.3 is 10.6 Å². The summed E-state index contributed by atoms with van der Waals surface area (Å²) in [7, 11) is 0. The van der Waals surface area contributed by atoms with Crippen LogP contribution in [0.4, 0.5) is 5.69 Å². The number of aromatic nitrogens is 1. The molecule has 0 saturated heterocycles. The molecule has 4 rings (SSSR count). The first-order valence-electron chi connectivity index (χ1n) is 10.2. The van der Waals surface area contributed by atoms with E-state index in [1.54, 1.807) is 24.3 Å². The fourth-order valence-electron chi connectivity index (χ4n) is 3.39. The Labute approximate surface area is 185 Å². The maximum atomic E-state index is 12.7. The Kier molecular flexibility index (Phi) is 6.38. The summed E-state index contributed by atoms with van der Waals surface area (Å²) >= 11 is 1.30. The number of aryl methyl sites for hydroxylation is 1. The minimum atomic E-state index is -0.286. The Morgan fingerprint density at radius 1 is 0.935 bits per heavy atom. The van der Waals surface area contributed by atoms with E-state index in [9.17, 15) is 9.59 Å². The molecule has 0 aliphatic carbocycles. The average molecular weight is 430 g/mol. The molecule has 5 nitrogen and oxygen atoms in total. The number of rotatable bonds is 7. The van der Waals surface area contributed by atoms with E-state index in [4.69, 9.17) is 0 Å². The molecule has 0 spiro atoms. The van der Waals surface area contributed by atoms with Gasteiger partial charge in [-0.05, 0) is 61.1 Å². The van der Waals surface area contributed by atoms with E-state index in [-0.39, 0.29) is 17.9 Å². The van der Waals surface area contributed by atoms with E-state index in [0.717, 1.165) is 22.9 Å². The SMILES string of the molecule is CC(CCc1ccccc1)NC(=O)c1cccc(NC(=O)c2nsc3ccccc23)c1. The monoisotopic (exact) mass is 429 g/mol. The Bertz CT molecular complexity index is 1200. The molecule has 4 aromatic rings. The molecule has 0 aliphatic heterocycles. The van der Waals surface area contributed by atoms with Gasteiger partial charge in [-0.15, -0.1) is 0 Å². The van der Waals surface area contributed by atoms with Gasteiger partial charge in [0.05, 0.1) is 4.70 Å². The summed E-state index contributed by atoms with van der Waals surface area (Å²) in [6, 6.07) is 24.8. The highest BCUT2D eigenvalue weighted by Crippen LogP contribution is 2.23. The van der Waals surface area contributed by atoms with Gasteiger partial charge in [0, 0.05) is 22.7 Å². The lowest BCUT2D eigenvalue weighted by Gasteiger charge is -2.14. The largest absolute Gasteiger partial charge is 0.350 e. The second-order valence-electron chi connectivity index (χ2n) is 7.46. The lowest BCUT2D eigenvalue weighted by atomic mass is 10.1. The maximum absolute atomic E-state index is 12.7. The van der Waals surface area contributed by atoms with Crippen molar-refractivity contribution in [2.24, 2.45) is 0 Å². The summed E-state index contributed by atoms with van der Waals surface area (Å²) in [5, 5.41) is 6.72. The van der Waals surface area contributed by atoms with Gasteiger partial charge in [0.25, 0.3) is 11.8 Å². The second kappa shape index (κ2) is 9.53. The molecule has 1 atom stereocenters. The number of benzene rings is 3. The molecule has 0 bridgehead atoms. The minimum absolute atomic E-state index is 0.0346. The first kappa shape index (κ1) is 20.8. The number of nitrogens with one attached hydrogen (secondary N) is 2. The molecule has 0 fully saturated rings. The number of carbonyl (C=O) groups is 2. The molecule has 31 heavy (non-hydrogen) atoms. The highest BCUT2D eigenvalue weighted by Gasteiger charge is 2.15. The van der Waals surface area contributed by atoms with Crippen LogP contribution < -0.4 is 10.6 Å². The summed E-state index contributed by atoms with van der Waals surface area (Å²) in [5.74, 6) is -0.443. The zero-order valence-corrected chi connectivity index (χ0v) is 18.0. The molecular formula is C25H23N3O2S. The first-order chi connectivity index (χ1) is 15.1. The van der Waals surface area contributed by atoms with Gasteiger partial charge in [-0.3, -0.25) is 9.59 Å². The Hall–Kier alpha value is -3.51. The summed E-state index contributed by atoms with van der Waals surface area (Å²) in [6.45, 7) is 2.00. The molecule has 3 aromatic carbocycles. The third-order valence-corrected chi connectivity index (χ3v) is 5.89. The van der Waals surface area contributed by atoms with Crippen LogP contribution in [0.15, 0.2) is 78.9 Å². The van der Waals surface area contributed by atoms with Gasteiger partial charge in [-0.1, -0.05) is 54.6 Å². The summed E-state index contributed by atoms with van der Waals surface area (Å²) in [5.41, 5.74) is 2.71. The van der Waals surface area contributed by atoms with E-state index >= 15 is 0 Å². The molecule has 1 aromatic heterocycles. The van der Waals surface area contributed by atoms with Crippen molar-refractivity contribution in [3.63, 3.8) is 0 Å². The molecule has 1 heterocycles. The molecule has 0 saturated carbocycles. The predicted octanol–water partition coefficient (Wildman–Crippen LogP) is 5.30. The number of hydrogen-bond acceptors (Lipinski definition) is 4. The van der Waals surface area contributed by atoms with Crippen molar-refractivity contribution >= 4 is 39.1 Å². The van der Waals surface area contributed by atoms with Crippen molar-refractivity contribution in [1.82, 2.24) is 9.69 Å². The van der Waals surface area contributed by atoms with Crippen LogP contribution in [0.25, 0.3) is 10.1 Å². The smallest absolute Gasteiger partial charge is 0.276 e. The molecule has 156 valence electrons. The third kappa shape index (κ3) is 5.16. The van der Waals surface area contributed by atoms with E-state index in [1.165, 1.54) is 17.1 Å². The van der Waals surface area contributed by atoms with Crippen LogP contribution >= 0.6 is 11.5 Å². The number of anilines is 1. The molecule has 1 unspecified atom stereocenters. The lowest BCUT2D eigenvalue weighted by Crippen LogP contribution is -2.32. The minimum Gasteiger partial charge on any atom is -0.350 e. The normalized spacial score (nSPS) is 11.8. The number of carbonyl (C=O) groups excluding carboxylic acids is 2. The maximum Gasteiger partial charge on any atom is 0.276 e. The summed E-state index contributed by atoms with van der Waals surface area (Å²) < 4.78 is 5.25. The number of hydrogen-bond donors (Lipinski definition) is 2. The van der Waals surface area contributed by atoms with Crippen molar-refractivity contribution in [1.29, 1.82) is 0 Å². The Balaban J connectivity index is 1.38. The van der Waals surface area contributed by atoms with E-state index in [2.05, 4.69) is 27.1 Å². The molecule has 2 N–H and O–H groups in total. The van der Waals surface area contributed by atoms with Crippen LogP contribution in [-0.4, -0.2) is 22.2 Å². The average Bonchev–Trinajstić information content (AvgIpc) is 3.23. The topological polar surface area (TPSA) is 71.1 Å².